The maximum atomic E-state index is 13.3. The van der Waals surface area contributed by atoms with Crippen LogP contribution in [0.2, 0.25) is 10.0 Å². The molecule has 0 bridgehead atoms. The first kappa shape index (κ1) is 23.7. The van der Waals surface area contributed by atoms with Gasteiger partial charge in [-0.05, 0) is 48.9 Å². The molecule has 1 heterocycles. The summed E-state index contributed by atoms with van der Waals surface area (Å²) in [5.74, 6) is -1.21. The van der Waals surface area contributed by atoms with Crippen LogP contribution in [0.25, 0.3) is 5.76 Å². The fraction of sp³-hybridized carbons (Fsp3) is 0.154. The zero-order chi connectivity index (χ0) is 24.6. The third-order valence-electron chi connectivity index (χ3n) is 5.74. The Labute approximate surface area is 206 Å². The van der Waals surface area contributed by atoms with E-state index in [0.29, 0.717) is 32.8 Å². The summed E-state index contributed by atoms with van der Waals surface area (Å²) in [6.07, 6.45) is 0. The SMILES string of the molecule is COc1cc(/C(O)=C2\C(=O)C(=O)N(c3ccc(C)c(Cl)c3)C2c2ccccc2OC)ccc1Cl. The van der Waals surface area contributed by atoms with Crippen LogP contribution in [-0.4, -0.2) is 31.0 Å². The minimum absolute atomic E-state index is 0.0874. The monoisotopic (exact) mass is 497 g/mol. The Balaban J connectivity index is 2.00. The predicted molar refractivity (Wildman–Crippen MR) is 132 cm³/mol. The number of methoxy groups -OCH3 is 2. The Morgan fingerprint density at radius 2 is 1.62 bits per heavy atom. The average molecular weight is 498 g/mol. The molecule has 1 saturated heterocycles. The van der Waals surface area contributed by atoms with E-state index in [4.69, 9.17) is 32.7 Å². The summed E-state index contributed by atoms with van der Waals surface area (Å²) in [7, 11) is 2.94. The van der Waals surface area contributed by atoms with E-state index in [0.717, 1.165) is 5.56 Å². The maximum absolute atomic E-state index is 13.3. The molecule has 34 heavy (non-hydrogen) atoms. The number of nitrogens with zero attached hydrogens (tertiary/aromatic N) is 1. The lowest BCUT2D eigenvalue weighted by atomic mass is 9.94. The number of rotatable bonds is 5. The van der Waals surface area contributed by atoms with Crippen molar-refractivity contribution in [1.82, 2.24) is 0 Å². The molecule has 1 N–H and O–H groups in total. The van der Waals surface area contributed by atoms with Crippen LogP contribution in [0.1, 0.15) is 22.7 Å². The molecule has 3 aromatic carbocycles. The molecular weight excluding hydrogens is 477 g/mol. The predicted octanol–water partition coefficient (Wildman–Crippen LogP) is 5.95. The van der Waals surface area contributed by atoms with Crippen molar-refractivity contribution in [1.29, 1.82) is 0 Å². The van der Waals surface area contributed by atoms with Gasteiger partial charge < -0.3 is 14.6 Å². The Morgan fingerprint density at radius 3 is 2.29 bits per heavy atom. The number of aliphatic hydroxyl groups is 1. The van der Waals surface area contributed by atoms with E-state index >= 15 is 0 Å². The second-order valence-electron chi connectivity index (χ2n) is 7.69. The molecule has 1 unspecified atom stereocenters. The van der Waals surface area contributed by atoms with Crippen LogP contribution in [-0.2, 0) is 9.59 Å². The summed E-state index contributed by atoms with van der Waals surface area (Å²) < 4.78 is 10.8. The highest BCUT2D eigenvalue weighted by atomic mass is 35.5. The molecular formula is C26H21Cl2NO5. The number of carbonyl (C=O) groups excluding carboxylic acids is 2. The van der Waals surface area contributed by atoms with Crippen molar-refractivity contribution in [2.24, 2.45) is 0 Å². The fourth-order valence-electron chi connectivity index (χ4n) is 3.98. The van der Waals surface area contributed by atoms with Crippen LogP contribution in [0.4, 0.5) is 5.69 Å². The van der Waals surface area contributed by atoms with Gasteiger partial charge in [0.15, 0.2) is 0 Å². The number of hydrogen-bond donors (Lipinski definition) is 1. The molecule has 1 atom stereocenters. The van der Waals surface area contributed by atoms with E-state index in [1.165, 1.54) is 25.2 Å². The van der Waals surface area contributed by atoms with Crippen molar-refractivity contribution >= 4 is 46.3 Å². The van der Waals surface area contributed by atoms with Gasteiger partial charge in [-0.25, -0.2) is 0 Å². The quantitative estimate of drug-likeness (QED) is 0.268. The van der Waals surface area contributed by atoms with Gasteiger partial charge in [0.25, 0.3) is 11.7 Å². The first-order valence-corrected chi connectivity index (χ1v) is 11.1. The Kier molecular flexibility index (Phi) is 6.55. The fourth-order valence-corrected chi connectivity index (χ4v) is 4.35. The molecule has 0 aliphatic carbocycles. The van der Waals surface area contributed by atoms with Gasteiger partial charge in [-0.15, -0.1) is 0 Å². The lowest BCUT2D eigenvalue weighted by molar-refractivity contribution is -0.132. The van der Waals surface area contributed by atoms with Gasteiger partial charge in [-0.1, -0.05) is 47.5 Å². The Morgan fingerprint density at radius 1 is 0.912 bits per heavy atom. The molecule has 174 valence electrons. The zero-order valence-electron chi connectivity index (χ0n) is 18.6. The number of Topliss-reactive ketones (excluding diaryl/α,β-unsaturated/α-hetero) is 1. The van der Waals surface area contributed by atoms with Gasteiger partial charge in [0, 0.05) is 21.8 Å². The molecule has 0 saturated carbocycles. The number of ether oxygens (including phenoxy) is 2. The number of hydrogen-bond acceptors (Lipinski definition) is 5. The smallest absolute Gasteiger partial charge is 0.300 e. The molecule has 6 nitrogen and oxygen atoms in total. The van der Waals surface area contributed by atoms with E-state index in [1.54, 1.807) is 54.6 Å². The molecule has 1 aliphatic rings. The Bertz CT molecular complexity index is 1330. The number of aliphatic hydroxyl groups excluding tert-OH is 1. The third-order valence-corrected chi connectivity index (χ3v) is 6.46. The highest BCUT2D eigenvalue weighted by molar-refractivity contribution is 6.52. The number of benzene rings is 3. The van der Waals surface area contributed by atoms with Crippen molar-refractivity contribution in [2.45, 2.75) is 13.0 Å². The number of halogens is 2. The Hall–Kier alpha value is -3.48. The van der Waals surface area contributed by atoms with E-state index in [-0.39, 0.29) is 16.9 Å². The van der Waals surface area contributed by atoms with E-state index < -0.39 is 17.7 Å². The summed E-state index contributed by atoms with van der Waals surface area (Å²) in [6.45, 7) is 1.84. The summed E-state index contributed by atoms with van der Waals surface area (Å²) in [6, 6.07) is 15.8. The number of aryl methyl sites for hydroxylation is 1. The number of para-hydroxylation sites is 1. The topological polar surface area (TPSA) is 76.1 Å². The van der Waals surface area contributed by atoms with Gasteiger partial charge in [-0.2, -0.15) is 0 Å². The summed E-state index contributed by atoms with van der Waals surface area (Å²) >= 11 is 12.5. The molecule has 8 heteroatoms. The van der Waals surface area contributed by atoms with E-state index in [2.05, 4.69) is 0 Å². The van der Waals surface area contributed by atoms with Gasteiger partial charge in [-0.3, -0.25) is 14.5 Å². The third kappa shape index (κ3) is 4.00. The van der Waals surface area contributed by atoms with Gasteiger partial charge in [0.2, 0.25) is 0 Å². The highest BCUT2D eigenvalue weighted by Crippen LogP contribution is 2.45. The minimum Gasteiger partial charge on any atom is -0.507 e. The molecule has 1 fully saturated rings. The van der Waals surface area contributed by atoms with Crippen molar-refractivity contribution in [3.05, 3.63) is 93.0 Å². The highest BCUT2D eigenvalue weighted by Gasteiger charge is 2.48. The van der Waals surface area contributed by atoms with Gasteiger partial charge in [0.05, 0.1) is 30.9 Å². The summed E-state index contributed by atoms with van der Waals surface area (Å²) in [5, 5.41) is 12.1. The largest absolute Gasteiger partial charge is 0.507 e. The number of amides is 1. The molecule has 1 aliphatic heterocycles. The maximum Gasteiger partial charge on any atom is 0.300 e. The average Bonchev–Trinajstić information content (AvgIpc) is 3.10. The van der Waals surface area contributed by atoms with Crippen LogP contribution >= 0.6 is 23.2 Å². The zero-order valence-corrected chi connectivity index (χ0v) is 20.1. The molecule has 4 rings (SSSR count). The molecule has 0 spiro atoms. The van der Waals surface area contributed by atoms with Crippen molar-refractivity contribution in [3.63, 3.8) is 0 Å². The van der Waals surface area contributed by atoms with Crippen LogP contribution < -0.4 is 14.4 Å². The van der Waals surface area contributed by atoms with Crippen molar-refractivity contribution in [2.75, 3.05) is 19.1 Å². The van der Waals surface area contributed by atoms with Crippen LogP contribution in [0.15, 0.2) is 66.2 Å². The molecule has 0 radical (unpaired) electrons. The number of ketones is 1. The van der Waals surface area contributed by atoms with Gasteiger partial charge in [0.1, 0.15) is 17.3 Å². The lowest BCUT2D eigenvalue weighted by Crippen LogP contribution is -2.29. The first-order chi connectivity index (χ1) is 16.3. The van der Waals surface area contributed by atoms with Crippen LogP contribution in [0, 0.1) is 6.92 Å². The number of anilines is 1. The van der Waals surface area contributed by atoms with E-state index in [1.807, 2.05) is 6.92 Å². The molecule has 3 aromatic rings. The van der Waals surface area contributed by atoms with Crippen molar-refractivity contribution < 1.29 is 24.2 Å². The summed E-state index contributed by atoms with van der Waals surface area (Å²) in [4.78, 5) is 28.0. The second-order valence-corrected chi connectivity index (χ2v) is 8.51. The summed E-state index contributed by atoms with van der Waals surface area (Å²) in [5.41, 5.74) is 1.96. The lowest BCUT2D eigenvalue weighted by Gasteiger charge is -2.27. The second kappa shape index (κ2) is 9.41. The normalized spacial score (nSPS) is 17.2. The first-order valence-electron chi connectivity index (χ1n) is 10.3. The standard InChI is InChI=1S/C26H21Cl2NO5/c1-14-8-10-16(13-19(14)28)29-23(17-6-4-5-7-20(17)33-2)22(25(31)26(29)32)24(30)15-9-11-18(27)21(12-15)34-3/h4-13,23,30H,1-3H3/b24-22+. The van der Waals surface area contributed by atoms with Gasteiger partial charge >= 0.3 is 0 Å². The molecule has 0 aromatic heterocycles. The number of carbonyl (C=O) groups is 2. The minimum atomic E-state index is -0.961. The van der Waals surface area contributed by atoms with Crippen LogP contribution in [0.3, 0.4) is 0 Å². The van der Waals surface area contributed by atoms with Crippen molar-refractivity contribution in [3.8, 4) is 11.5 Å². The van der Waals surface area contributed by atoms with E-state index in [9.17, 15) is 14.7 Å². The molecule has 1 amide bonds. The van der Waals surface area contributed by atoms with Crippen LogP contribution in [0.5, 0.6) is 11.5 Å².